The molecule has 1 heterocycles. The Morgan fingerprint density at radius 1 is 0.826 bits per heavy atom. The lowest BCUT2D eigenvalue weighted by Crippen LogP contribution is -2.21. The van der Waals surface area contributed by atoms with E-state index in [2.05, 4.69) is 43.3 Å². The van der Waals surface area contributed by atoms with Gasteiger partial charge in [-0.1, -0.05) is 61.9 Å². The van der Waals surface area contributed by atoms with E-state index in [0.717, 1.165) is 46.4 Å². The van der Waals surface area contributed by atoms with Crippen LogP contribution in [0.2, 0.25) is 0 Å². The molecule has 3 aromatic carbocycles. The van der Waals surface area contributed by atoms with Crippen LogP contribution in [-0.4, -0.2) is 4.57 Å². The van der Waals surface area contributed by atoms with E-state index in [0.29, 0.717) is 0 Å². The minimum atomic E-state index is 0.123. The molecule has 0 aliphatic heterocycles. The fraction of sp³-hybridized carbons (Fsp3) is 0.190. The van der Waals surface area contributed by atoms with Crippen molar-refractivity contribution >= 4 is 32.4 Å². The van der Waals surface area contributed by atoms with Gasteiger partial charge >= 0.3 is 0 Å². The summed E-state index contributed by atoms with van der Waals surface area (Å²) in [7, 11) is 0. The highest BCUT2D eigenvalue weighted by Crippen LogP contribution is 2.30. The molecule has 0 radical (unpaired) electrons. The van der Waals surface area contributed by atoms with Gasteiger partial charge < -0.3 is 4.57 Å². The largest absolute Gasteiger partial charge is 0.308 e. The van der Waals surface area contributed by atoms with Crippen molar-refractivity contribution in [2.24, 2.45) is 0 Å². The molecule has 2 nitrogen and oxygen atoms in total. The zero-order chi connectivity index (χ0) is 15.8. The summed E-state index contributed by atoms with van der Waals surface area (Å²) < 4.78 is 1.94. The van der Waals surface area contributed by atoms with Crippen LogP contribution < -0.4 is 5.56 Å². The number of para-hydroxylation sites is 1. The maximum absolute atomic E-state index is 13.1. The highest BCUT2D eigenvalue weighted by atomic mass is 16.1. The first-order chi connectivity index (χ1) is 11.3. The van der Waals surface area contributed by atoms with Crippen molar-refractivity contribution in [2.45, 2.75) is 26.3 Å². The first-order valence-corrected chi connectivity index (χ1v) is 8.24. The molecule has 0 unspecified atom stereocenters. The van der Waals surface area contributed by atoms with Gasteiger partial charge in [-0.2, -0.15) is 0 Å². The Kier molecular flexibility index (Phi) is 3.38. The Balaban J connectivity index is 2.24. The SMILES string of the molecule is CCCCn1c(=O)c2ccc3ccccc3c2c2ccccc21. The molecule has 4 aromatic rings. The summed E-state index contributed by atoms with van der Waals surface area (Å²) in [5, 5.41) is 5.39. The van der Waals surface area contributed by atoms with Gasteiger partial charge in [0.1, 0.15) is 0 Å². The molecule has 23 heavy (non-hydrogen) atoms. The number of hydrogen-bond donors (Lipinski definition) is 0. The van der Waals surface area contributed by atoms with E-state index in [1.54, 1.807) is 0 Å². The van der Waals surface area contributed by atoms with Gasteiger partial charge in [0.2, 0.25) is 0 Å². The number of rotatable bonds is 3. The Morgan fingerprint density at radius 2 is 1.57 bits per heavy atom. The molecular weight excluding hydrogens is 282 g/mol. The predicted octanol–water partition coefficient (Wildman–Crippen LogP) is 5.11. The summed E-state index contributed by atoms with van der Waals surface area (Å²) in [5.74, 6) is 0. The maximum atomic E-state index is 13.1. The number of benzene rings is 3. The monoisotopic (exact) mass is 301 g/mol. The van der Waals surface area contributed by atoms with E-state index >= 15 is 0 Å². The summed E-state index contributed by atoms with van der Waals surface area (Å²) in [6.45, 7) is 2.93. The van der Waals surface area contributed by atoms with Crippen molar-refractivity contribution in [1.29, 1.82) is 0 Å². The quantitative estimate of drug-likeness (QED) is 0.482. The Bertz CT molecular complexity index is 1080. The molecule has 2 heteroatoms. The summed E-state index contributed by atoms with van der Waals surface area (Å²) >= 11 is 0. The van der Waals surface area contributed by atoms with Crippen molar-refractivity contribution in [2.75, 3.05) is 0 Å². The number of aromatic nitrogens is 1. The third kappa shape index (κ3) is 2.14. The second-order valence-corrected chi connectivity index (χ2v) is 6.04. The molecule has 0 aliphatic rings. The van der Waals surface area contributed by atoms with Gasteiger partial charge in [0.05, 0.1) is 5.52 Å². The third-order valence-electron chi connectivity index (χ3n) is 4.60. The van der Waals surface area contributed by atoms with Gasteiger partial charge in [0.15, 0.2) is 0 Å². The average Bonchev–Trinajstić information content (AvgIpc) is 2.61. The minimum absolute atomic E-state index is 0.123. The standard InChI is InChI=1S/C21H19NO/c1-2-3-14-22-19-11-7-6-10-17(19)20-16-9-5-4-8-15(16)12-13-18(20)21(22)23/h4-13H,2-3,14H2,1H3. The van der Waals surface area contributed by atoms with E-state index < -0.39 is 0 Å². The lowest BCUT2D eigenvalue weighted by atomic mass is 9.99. The van der Waals surface area contributed by atoms with Crippen LogP contribution in [0.4, 0.5) is 0 Å². The van der Waals surface area contributed by atoms with Crippen LogP contribution in [-0.2, 0) is 6.54 Å². The third-order valence-corrected chi connectivity index (χ3v) is 4.60. The van der Waals surface area contributed by atoms with Gasteiger partial charge in [-0.05, 0) is 29.3 Å². The number of nitrogens with zero attached hydrogens (tertiary/aromatic N) is 1. The highest BCUT2D eigenvalue weighted by Gasteiger charge is 2.12. The molecule has 0 N–H and O–H groups in total. The van der Waals surface area contributed by atoms with E-state index in [1.165, 1.54) is 5.39 Å². The molecule has 0 bridgehead atoms. The van der Waals surface area contributed by atoms with Gasteiger partial charge in [0.25, 0.3) is 5.56 Å². The Labute approximate surface area is 135 Å². The summed E-state index contributed by atoms with van der Waals surface area (Å²) in [6.07, 6.45) is 2.10. The molecule has 114 valence electrons. The molecule has 0 fully saturated rings. The van der Waals surface area contributed by atoms with Crippen LogP contribution in [0.1, 0.15) is 19.8 Å². The first kappa shape index (κ1) is 14.0. The lowest BCUT2D eigenvalue weighted by Gasteiger charge is -2.14. The van der Waals surface area contributed by atoms with Crippen molar-refractivity contribution in [3.8, 4) is 0 Å². The van der Waals surface area contributed by atoms with Gasteiger partial charge in [-0.15, -0.1) is 0 Å². The zero-order valence-electron chi connectivity index (χ0n) is 13.3. The number of aryl methyl sites for hydroxylation is 1. The second-order valence-electron chi connectivity index (χ2n) is 6.04. The van der Waals surface area contributed by atoms with Crippen LogP contribution in [0.15, 0.2) is 65.5 Å². The van der Waals surface area contributed by atoms with Gasteiger partial charge in [-0.3, -0.25) is 4.79 Å². The smallest absolute Gasteiger partial charge is 0.258 e. The fourth-order valence-electron chi connectivity index (χ4n) is 3.45. The van der Waals surface area contributed by atoms with Crippen molar-refractivity contribution in [1.82, 2.24) is 4.57 Å². The Morgan fingerprint density at radius 3 is 2.39 bits per heavy atom. The van der Waals surface area contributed by atoms with Crippen LogP contribution in [0.25, 0.3) is 32.4 Å². The molecule has 1 aromatic heterocycles. The molecule has 4 rings (SSSR count). The van der Waals surface area contributed by atoms with Crippen LogP contribution in [0.5, 0.6) is 0 Å². The number of fused-ring (bicyclic) bond motifs is 5. The van der Waals surface area contributed by atoms with E-state index in [9.17, 15) is 4.79 Å². The average molecular weight is 301 g/mol. The highest BCUT2D eigenvalue weighted by molar-refractivity contribution is 6.19. The number of pyridine rings is 1. The van der Waals surface area contributed by atoms with Gasteiger partial charge in [0, 0.05) is 22.7 Å². The Hall–Kier alpha value is -2.61. The zero-order valence-corrected chi connectivity index (χ0v) is 13.3. The van der Waals surface area contributed by atoms with E-state index in [1.807, 2.05) is 28.8 Å². The molecule has 0 saturated carbocycles. The van der Waals surface area contributed by atoms with Crippen molar-refractivity contribution < 1.29 is 0 Å². The maximum Gasteiger partial charge on any atom is 0.258 e. The molecular formula is C21H19NO. The van der Waals surface area contributed by atoms with E-state index in [4.69, 9.17) is 0 Å². The van der Waals surface area contributed by atoms with Gasteiger partial charge in [-0.25, -0.2) is 0 Å². The van der Waals surface area contributed by atoms with Crippen LogP contribution >= 0.6 is 0 Å². The predicted molar refractivity (Wildman–Crippen MR) is 98.1 cm³/mol. The summed E-state index contributed by atoms with van der Waals surface area (Å²) in [6, 6.07) is 20.6. The molecule has 0 atom stereocenters. The topological polar surface area (TPSA) is 22.0 Å². The number of hydrogen-bond acceptors (Lipinski definition) is 1. The summed E-state index contributed by atoms with van der Waals surface area (Å²) in [4.78, 5) is 13.1. The van der Waals surface area contributed by atoms with Crippen molar-refractivity contribution in [3.63, 3.8) is 0 Å². The number of unbranched alkanes of at least 4 members (excludes halogenated alkanes) is 1. The van der Waals surface area contributed by atoms with E-state index in [-0.39, 0.29) is 5.56 Å². The second kappa shape index (κ2) is 5.54. The minimum Gasteiger partial charge on any atom is -0.308 e. The summed E-state index contributed by atoms with van der Waals surface area (Å²) in [5.41, 5.74) is 1.16. The molecule has 0 saturated heterocycles. The fourth-order valence-corrected chi connectivity index (χ4v) is 3.45. The van der Waals surface area contributed by atoms with Crippen LogP contribution in [0, 0.1) is 0 Å². The normalized spacial score (nSPS) is 11.5. The van der Waals surface area contributed by atoms with Crippen molar-refractivity contribution in [3.05, 3.63) is 71.0 Å². The lowest BCUT2D eigenvalue weighted by molar-refractivity contribution is 0.635. The molecule has 0 amide bonds. The first-order valence-electron chi connectivity index (χ1n) is 8.24. The molecule has 0 aliphatic carbocycles. The molecule has 0 spiro atoms. The van der Waals surface area contributed by atoms with Crippen LogP contribution in [0.3, 0.4) is 0 Å².